The largest absolute Gasteiger partial charge is 0.392 e. The van der Waals surface area contributed by atoms with Gasteiger partial charge in [-0.3, -0.25) is 4.90 Å². The van der Waals surface area contributed by atoms with Gasteiger partial charge in [0.25, 0.3) is 0 Å². The van der Waals surface area contributed by atoms with Crippen molar-refractivity contribution in [2.75, 3.05) is 26.2 Å². The van der Waals surface area contributed by atoms with Crippen molar-refractivity contribution < 1.29 is 5.11 Å². The molecule has 3 nitrogen and oxygen atoms in total. The molecule has 0 radical (unpaired) electrons. The van der Waals surface area contributed by atoms with Gasteiger partial charge in [0.2, 0.25) is 0 Å². The van der Waals surface area contributed by atoms with Crippen LogP contribution in [0, 0.1) is 5.92 Å². The molecule has 2 N–H and O–H groups in total. The summed E-state index contributed by atoms with van der Waals surface area (Å²) in [6.07, 6.45) is 2.51. The van der Waals surface area contributed by atoms with Crippen LogP contribution in [-0.2, 0) is 0 Å². The van der Waals surface area contributed by atoms with E-state index in [1.54, 1.807) is 0 Å². The highest BCUT2D eigenvalue weighted by molar-refractivity contribution is 4.91. The predicted molar refractivity (Wildman–Crippen MR) is 52.6 cm³/mol. The number of hydrogen-bond acceptors (Lipinski definition) is 3. The molecule has 0 bridgehead atoms. The van der Waals surface area contributed by atoms with E-state index >= 15 is 0 Å². The molecule has 76 valence electrons. The monoisotopic (exact) mass is 184 g/mol. The summed E-state index contributed by atoms with van der Waals surface area (Å²) in [7, 11) is 0. The Balaban J connectivity index is 1.84. The average molecular weight is 184 g/mol. The molecule has 0 amide bonds. The van der Waals surface area contributed by atoms with E-state index < -0.39 is 0 Å². The van der Waals surface area contributed by atoms with Crippen LogP contribution in [0.1, 0.15) is 19.8 Å². The van der Waals surface area contributed by atoms with Gasteiger partial charge < -0.3 is 10.4 Å². The first kappa shape index (κ1) is 9.44. The Morgan fingerprint density at radius 2 is 2.38 bits per heavy atom. The number of nitrogens with one attached hydrogen (secondary N) is 1. The number of nitrogens with zero attached hydrogens (tertiary/aromatic N) is 1. The molecule has 0 aromatic carbocycles. The number of likely N-dealkylation sites (tertiary alicyclic amines) is 1. The summed E-state index contributed by atoms with van der Waals surface area (Å²) in [6.45, 7) is 6.21. The molecule has 2 rings (SSSR count). The second-order valence-electron chi connectivity index (χ2n) is 4.53. The van der Waals surface area contributed by atoms with E-state index in [0.717, 1.165) is 19.0 Å². The molecule has 2 heterocycles. The number of aliphatic hydroxyl groups is 1. The second kappa shape index (κ2) is 3.95. The topological polar surface area (TPSA) is 35.5 Å². The highest BCUT2D eigenvalue weighted by Crippen LogP contribution is 2.24. The zero-order valence-electron chi connectivity index (χ0n) is 8.37. The lowest BCUT2D eigenvalue weighted by atomic mass is 9.94. The molecule has 0 aliphatic carbocycles. The minimum absolute atomic E-state index is 0.180. The first-order valence-electron chi connectivity index (χ1n) is 5.39. The summed E-state index contributed by atoms with van der Waals surface area (Å²) in [5.74, 6) is 0.840. The Morgan fingerprint density at radius 3 is 3.08 bits per heavy atom. The lowest BCUT2D eigenvalue weighted by molar-refractivity contribution is 0.138. The van der Waals surface area contributed by atoms with Gasteiger partial charge in [-0.15, -0.1) is 0 Å². The van der Waals surface area contributed by atoms with Crippen LogP contribution in [0.3, 0.4) is 0 Å². The number of β-amino-alcohol motifs (C(OH)–C–C–N with tert-alkyl or cyclic N) is 1. The number of hydrogen-bond donors (Lipinski definition) is 2. The first-order chi connectivity index (χ1) is 6.25. The number of fused-ring (bicyclic) bond motifs is 1. The second-order valence-corrected chi connectivity index (χ2v) is 4.53. The first-order valence-corrected chi connectivity index (χ1v) is 5.39. The van der Waals surface area contributed by atoms with Gasteiger partial charge in [-0.1, -0.05) is 0 Å². The van der Waals surface area contributed by atoms with E-state index in [9.17, 15) is 5.11 Å². The molecule has 2 unspecified atom stereocenters. The van der Waals surface area contributed by atoms with Crippen molar-refractivity contribution in [2.45, 2.75) is 31.9 Å². The fourth-order valence-corrected chi connectivity index (χ4v) is 2.66. The van der Waals surface area contributed by atoms with Crippen LogP contribution in [0.2, 0.25) is 0 Å². The summed E-state index contributed by atoms with van der Waals surface area (Å²) in [5.41, 5.74) is 0. The molecule has 0 aromatic rings. The van der Waals surface area contributed by atoms with E-state index in [1.165, 1.54) is 25.9 Å². The summed E-state index contributed by atoms with van der Waals surface area (Å²) in [6, 6.07) is 0.701. The SMILES string of the molecule is C[C@H](O)CN1CC2CCCNC2C1. The van der Waals surface area contributed by atoms with Crippen molar-refractivity contribution >= 4 is 0 Å². The maximum Gasteiger partial charge on any atom is 0.0639 e. The van der Waals surface area contributed by atoms with Gasteiger partial charge in [-0.25, -0.2) is 0 Å². The minimum Gasteiger partial charge on any atom is -0.392 e. The fraction of sp³-hybridized carbons (Fsp3) is 1.00. The van der Waals surface area contributed by atoms with Crippen LogP contribution >= 0.6 is 0 Å². The van der Waals surface area contributed by atoms with Gasteiger partial charge in [-0.05, 0) is 32.2 Å². The van der Waals surface area contributed by atoms with Gasteiger partial charge in [0.05, 0.1) is 6.10 Å². The van der Waals surface area contributed by atoms with E-state index in [4.69, 9.17) is 0 Å². The molecule has 0 saturated carbocycles. The van der Waals surface area contributed by atoms with E-state index in [0.29, 0.717) is 6.04 Å². The summed E-state index contributed by atoms with van der Waals surface area (Å²) >= 11 is 0. The summed E-state index contributed by atoms with van der Waals surface area (Å²) in [4.78, 5) is 2.39. The molecule has 3 atom stereocenters. The molecule has 13 heavy (non-hydrogen) atoms. The fourth-order valence-electron chi connectivity index (χ4n) is 2.66. The Bertz CT molecular complexity index is 158. The maximum atomic E-state index is 9.28. The van der Waals surface area contributed by atoms with Crippen LogP contribution in [0.15, 0.2) is 0 Å². The van der Waals surface area contributed by atoms with Crippen molar-refractivity contribution in [1.29, 1.82) is 0 Å². The molecule has 2 aliphatic heterocycles. The van der Waals surface area contributed by atoms with Crippen molar-refractivity contribution in [1.82, 2.24) is 10.2 Å². The molecule has 2 saturated heterocycles. The molecule has 0 aromatic heterocycles. The number of rotatable bonds is 2. The summed E-state index contributed by atoms with van der Waals surface area (Å²) in [5, 5.41) is 12.8. The lowest BCUT2D eigenvalue weighted by Crippen LogP contribution is -2.41. The van der Waals surface area contributed by atoms with E-state index in [-0.39, 0.29) is 6.10 Å². The molecule has 2 fully saturated rings. The third-order valence-electron chi connectivity index (χ3n) is 3.20. The highest BCUT2D eigenvalue weighted by Gasteiger charge is 2.34. The van der Waals surface area contributed by atoms with Gasteiger partial charge in [0.15, 0.2) is 0 Å². The predicted octanol–water partition coefficient (Wildman–Crippen LogP) is 0.0510. The minimum atomic E-state index is -0.180. The quantitative estimate of drug-likeness (QED) is 0.636. The van der Waals surface area contributed by atoms with E-state index in [2.05, 4.69) is 10.2 Å². The highest BCUT2D eigenvalue weighted by atomic mass is 16.3. The maximum absolute atomic E-state index is 9.28. The molecular weight excluding hydrogens is 164 g/mol. The van der Waals surface area contributed by atoms with Crippen LogP contribution in [0.25, 0.3) is 0 Å². The average Bonchev–Trinajstić information content (AvgIpc) is 2.44. The Hall–Kier alpha value is -0.120. The lowest BCUT2D eigenvalue weighted by Gasteiger charge is -2.24. The third-order valence-corrected chi connectivity index (χ3v) is 3.20. The zero-order chi connectivity index (χ0) is 9.26. The standard InChI is InChI=1S/C10H20N2O/c1-8(13)5-12-6-9-3-2-4-11-10(9)7-12/h8-11,13H,2-7H2,1H3/t8-,9?,10?/m0/s1. The number of piperidine rings is 1. The van der Waals surface area contributed by atoms with Crippen molar-refractivity contribution in [2.24, 2.45) is 5.92 Å². The van der Waals surface area contributed by atoms with Gasteiger partial charge in [0, 0.05) is 25.7 Å². The van der Waals surface area contributed by atoms with Crippen molar-refractivity contribution in [3.63, 3.8) is 0 Å². The Kier molecular flexibility index (Phi) is 2.86. The van der Waals surface area contributed by atoms with Crippen LogP contribution in [0.5, 0.6) is 0 Å². The normalized spacial score (nSPS) is 37.4. The molecular formula is C10H20N2O. The third kappa shape index (κ3) is 2.22. The van der Waals surface area contributed by atoms with Crippen LogP contribution < -0.4 is 5.32 Å². The molecule has 3 heteroatoms. The van der Waals surface area contributed by atoms with Gasteiger partial charge >= 0.3 is 0 Å². The van der Waals surface area contributed by atoms with Crippen molar-refractivity contribution in [3.8, 4) is 0 Å². The van der Waals surface area contributed by atoms with Crippen LogP contribution in [-0.4, -0.2) is 48.3 Å². The van der Waals surface area contributed by atoms with E-state index in [1.807, 2.05) is 6.92 Å². The van der Waals surface area contributed by atoms with Gasteiger partial charge in [0.1, 0.15) is 0 Å². The molecule has 2 aliphatic rings. The number of aliphatic hydroxyl groups excluding tert-OH is 1. The van der Waals surface area contributed by atoms with Gasteiger partial charge in [-0.2, -0.15) is 0 Å². The smallest absolute Gasteiger partial charge is 0.0639 e. The Morgan fingerprint density at radius 1 is 1.54 bits per heavy atom. The summed E-state index contributed by atoms with van der Waals surface area (Å²) < 4.78 is 0. The Labute approximate surface area is 80.1 Å². The van der Waals surface area contributed by atoms with Crippen LogP contribution in [0.4, 0.5) is 0 Å². The van der Waals surface area contributed by atoms with Crippen molar-refractivity contribution in [3.05, 3.63) is 0 Å². The molecule has 0 spiro atoms. The zero-order valence-corrected chi connectivity index (χ0v) is 8.37.